The third kappa shape index (κ3) is 5.15. The van der Waals surface area contributed by atoms with Crippen molar-refractivity contribution in [2.45, 2.75) is 45.0 Å². The number of allylic oxidation sites excluding steroid dienone is 3. The standard InChI is InChI=1S/C23H30ClNO6/c1-5-29-23(27)16-12-25-18(10-20(16)26)15-9-17(24)22(30-8-6-7-28-4)11-21(15)31-13-19(25)14(2)3/h10-12,14,17,19H,5-9,13H2,1-4H3/t17-,19?/m1/s1. The molecule has 0 radical (unpaired) electrons. The molecule has 7 nitrogen and oxygen atoms in total. The maximum Gasteiger partial charge on any atom is 0.343 e. The molecule has 1 aliphatic carbocycles. The van der Waals surface area contributed by atoms with Gasteiger partial charge in [0.15, 0.2) is 5.43 Å². The monoisotopic (exact) mass is 451 g/mol. The molecule has 0 saturated heterocycles. The quantitative estimate of drug-likeness (QED) is 0.339. The Morgan fingerprint density at radius 3 is 2.81 bits per heavy atom. The summed E-state index contributed by atoms with van der Waals surface area (Å²) < 4.78 is 24.1. The summed E-state index contributed by atoms with van der Waals surface area (Å²) in [6, 6.07) is 1.43. The summed E-state index contributed by atoms with van der Waals surface area (Å²) in [7, 11) is 1.65. The van der Waals surface area contributed by atoms with Gasteiger partial charge in [0.05, 0.1) is 30.3 Å². The molecule has 1 aromatic heterocycles. The first-order chi connectivity index (χ1) is 14.9. The Labute approximate surface area is 187 Å². The SMILES string of the molecule is CCOC(=O)c1cn2c(cc1=O)C1=C(C=C(OCCCOC)[C@H](Cl)C1)OCC2C(C)C. The van der Waals surface area contributed by atoms with Crippen molar-refractivity contribution in [1.82, 2.24) is 4.57 Å². The number of methoxy groups -OCH3 is 1. The average Bonchev–Trinajstić information content (AvgIpc) is 2.87. The van der Waals surface area contributed by atoms with Gasteiger partial charge in [0.2, 0.25) is 0 Å². The van der Waals surface area contributed by atoms with E-state index in [9.17, 15) is 9.59 Å². The molecule has 3 rings (SSSR count). The summed E-state index contributed by atoms with van der Waals surface area (Å²) in [6.45, 7) is 7.58. The first kappa shape index (κ1) is 23.4. The molecular weight excluding hydrogens is 422 g/mol. The summed E-state index contributed by atoms with van der Waals surface area (Å²) >= 11 is 6.62. The summed E-state index contributed by atoms with van der Waals surface area (Å²) in [6.07, 6.45) is 4.63. The second-order valence-electron chi connectivity index (χ2n) is 7.94. The van der Waals surface area contributed by atoms with E-state index in [2.05, 4.69) is 13.8 Å². The van der Waals surface area contributed by atoms with Gasteiger partial charge in [-0.15, -0.1) is 11.6 Å². The number of carbonyl (C=O) groups is 1. The normalized spacial score (nSPS) is 20.4. The van der Waals surface area contributed by atoms with Crippen molar-refractivity contribution in [2.75, 3.05) is 33.5 Å². The Balaban J connectivity index is 2.03. The van der Waals surface area contributed by atoms with Gasteiger partial charge >= 0.3 is 5.97 Å². The van der Waals surface area contributed by atoms with Gasteiger partial charge in [-0.2, -0.15) is 0 Å². The lowest BCUT2D eigenvalue weighted by Crippen LogP contribution is -2.27. The molecular formula is C23H30ClNO6. The number of esters is 1. The van der Waals surface area contributed by atoms with Crippen molar-refractivity contribution in [3.63, 3.8) is 0 Å². The smallest absolute Gasteiger partial charge is 0.343 e. The molecule has 31 heavy (non-hydrogen) atoms. The van der Waals surface area contributed by atoms with E-state index in [1.807, 2.05) is 10.6 Å². The van der Waals surface area contributed by atoms with E-state index in [0.29, 0.717) is 43.5 Å². The number of pyridine rings is 1. The van der Waals surface area contributed by atoms with Crippen LogP contribution in [0.2, 0.25) is 0 Å². The van der Waals surface area contributed by atoms with E-state index in [0.717, 1.165) is 12.0 Å². The molecule has 0 aromatic carbocycles. The fourth-order valence-electron chi connectivity index (χ4n) is 3.77. The van der Waals surface area contributed by atoms with Crippen molar-refractivity contribution in [3.8, 4) is 0 Å². The molecule has 1 unspecified atom stereocenters. The number of carbonyl (C=O) groups excluding carboxylic acids is 1. The van der Waals surface area contributed by atoms with Crippen LogP contribution in [0, 0.1) is 5.92 Å². The molecule has 8 heteroatoms. The van der Waals surface area contributed by atoms with E-state index in [-0.39, 0.29) is 34.9 Å². The van der Waals surface area contributed by atoms with Gasteiger partial charge in [0.1, 0.15) is 23.7 Å². The van der Waals surface area contributed by atoms with E-state index >= 15 is 0 Å². The number of nitrogens with zero attached hydrogens (tertiary/aromatic N) is 1. The molecule has 2 atom stereocenters. The molecule has 1 aromatic rings. The Kier molecular flexibility index (Phi) is 7.84. The molecule has 0 amide bonds. The molecule has 2 heterocycles. The van der Waals surface area contributed by atoms with Gasteiger partial charge in [-0.3, -0.25) is 4.79 Å². The lowest BCUT2D eigenvalue weighted by Gasteiger charge is -2.26. The van der Waals surface area contributed by atoms with E-state index < -0.39 is 5.97 Å². The van der Waals surface area contributed by atoms with E-state index in [1.165, 1.54) is 6.07 Å². The largest absolute Gasteiger partial charge is 0.496 e. The highest BCUT2D eigenvalue weighted by Gasteiger charge is 2.32. The van der Waals surface area contributed by atoms with Crippen molar-refractivity contribution >= 4 is 23.1 Å². The van der Waals surface area contributed by atoms with Gasteiger partial charge < -0.3 is 23.5 Å². The highest BCUT2D eigenvalue weighted by Crippen LogP contribution is 2.39. The second-order valence-corrected chi connectivity index (χ2v) is 8.47. The minimum atomic E-state index is -0.616. The van der Waals surface area contributed by atoms with Crippen LogP contribution in [0.25, 0.3) is 5.57 Å². The molecule has 0 N–H and O–H groups in total. The molecule has 170 valence electrons. The molecule has 0 saturated carbocycles. The molecule has 1 aliphatic heterocycles. The average molecular weight is 452 g/mol. The van der Waals surface area contributed by atoms with Crippen LogP contribution in [0.15, 0.2) is 34.7 Å². The maximum absolute atomic E-state index is 12.8. The third-order valence-corrected chi connectivity index (χ3v) is 5.81. The molecule has 0 bridgehead atoms. The summed E-state index contributed by atoms with van der Waals surface area (Å²) in [5.74, 6) is 0.892. The number of hydrogen-bond acceptors (Lipinski definition) is 6. The van der Waals surface area contributed by atoms with Gasteiger partial charge in [-0.1, -0.05) is 13.8 Å². The molecule has 0 spiro atoms. The van der Waals surface area contributed by atoms with Crippen LogP contribution in [0.3, 0.4) is 0 Å². The highest BCUT2D eigenvalue weighted by atomic mass is 35.5. The number of hydrogen-bond donors (Lipinski definition) is 0. The van der Waals surface area contributed by atoms with Crippen LogP contribution in [-0.4, -0.2) is 49.5 Å². The summed E-state index contributed by atoms with van der Waals surface area (Å²) in [4.78, 5) is 25.1. The van der Waals surface area contributed by atoms with Gasteiger partial charge in [0, 0.05) is 50.5 Å². The number of alkyl halides is 1. The number of ether oxygens (including phenoxy) is 4. The fourth-order valence-corrected chi connectivity index (χ4v) is 4.05. The second kappa shape index (κ2) is 10.4. The third-order valence-electron chi connectivity index (χ3n) is 5.44. The highest BCUT2D eigenvalue weighted by molar-refractivity contribution is 6.23. The first-order valence-electron chi connectivity index (χ1n) is 10.6. The van der Waals surface area contributed by atoms with Gasteiger partial charge in [-0.25, -0.2) is 4.79 Å². The van der Waals surface area contributed by atoms with Crippen LogP contribution in [-0.2, 0) is 18.9 Å². The van der Waals surface area contributed by atoms with Crippen LogP contribution in [0.4, 0.5) is 0 Å². The van der Waals surface area contributed by atoms with Gasteiger partial charge in [0.25, 0.3) is 0 Å². The number of rotatable bonds is 8. The molecule has 0 fully saturated rings. The summed E-state index contributed by atoms with van der Waals surface area (Å²) in [5, 5.41) is -0.381. The predicted octanol–water partition coefficient (Wildman–Crippen LogP) is 3.91. The van der Waals surface area contributed by atoms with E-state index in [1.54, 1.807) is 20.2 Å². The number of halogens is 1. The minimum absolute atomic E-state index is 0.0243. The topological polar surface area (TPSA) is 76.0 Å². The van der Waals surface area contributed by atoms with Crippen LogP contribution in [0.5, 0.6) is 0 Å². The zero-order chi connectivity index (χ0) is 22.5. The minimum Gasteiger partial charge on any atom is -0.496 e. The van der Waals surface area contributed by atoms with Crippen LogP contribution in [0.1, 0.15) is 55.7 Å². The Hall–Kier alpha value is -2.25. The van der Waals surface area contributed by atoms with Crippen molar-refractivity contribution in [3.05, 3.63) is 51.3 Å². The van der Waals surface area contributed by atoms with Crippen molar-refractivity contribution < 1.29 is 23.7 Å². The van der Waals surface area contributed by atoms with Crippen molar-refractivity contribution in [2.24, 2.45) is 5.92 Å². The maximum atomic E-state index is 12.8. The lowest BCUT2D eigenvalue weighted by molar-refractivity contribution is 0.0522. The number of fused-ring (bicyclic) bond motifs is 2. The van der Waals surface area contributed by atoms with Gasteiger partial charge in [-0.05, 0) is 12.8 Å². The van der Waals surface area contributed by atoms with Crippen LogP contribution >= 0.6 is 11.6 Å². The first-order valence-corrected chi connectivity index (χ1v) is 11.1. The van der Waals surface area contributed by atoms with Crippen LogP contribution < -0.4 is 5.43 Å². The van der Waals surface area contributed by atoms with Crippen molar-refractivity contribution in [1.29, 1.82) is 0 Å². The Bertz CT molecular complexity index is 932. The van der Waals surface area contributed by atoms with E-state index in [4.69, 9.17) is 30.5 Å². The Morgan fingerprint density at radius 2 is 2.13 bits per heavy atom. The zero-order valence-electron chi connectivity index (χ0n) is 18.5. The fraction of sp³-hybridized carbons (Fsp3) is 0.565. The Morgan fingerprint density at radius 1 is 1.35 bits per heavy atom. The molecule has 2 aliphatic rings. The lowest BCUT2D eigenvalue weighted by atomic mass is 9.96. The number of aromatic nitrogens is 1. The predicted molar refractivity (Wildman–Crippen MR) is 118 cm³/mol. The summed E-state index contributed by atoms with van der Waals surface area (Å²) in [5.41, 5.74) is 1.19. The zero-order valence-corrected chi connectivity index (χ0v) is 19.2.